The molecule has 0 bridgehead atoms. The number of amides is 1. The number of anilines is 2. The molecule has 6 heteroatoms. The SMILES string of the molecule is O=C(NC1CCCC1)c1ccc(Nc2ccc(Cl)c(Cl)c2)nc1. The van der Waals surface area contributed by atoms with Crippen molar-refractivity contribution in [2.75, 3.05) is 5.32 Å². The molecule has 2 N–H and O–H groups in total. The summed E-state index contributed by atoms with van der Waals surface area (Å²) in [5.74, 6) is 0.575. The van der Waals surface area contributed by atoms with Gasteiger partial charge < -0.3 is 10.6 Å². The van der Waals surface area contributed by atoms with Gasteiger partial charge in [0.1, 0.15) is 5.82 Å². The van der Waals surface area contributed by atoms with E-state index in [0.717, 1.165) is 18.5 Å². The number of pyridine rings is 1. The molecule has 4 nitrogen and oxygen atoms in total. The highest BCUT2D eigenvalue weighted by atomic mass is 35.5. The molecule has 0 saturated heterocycles. The Kier molecular flexibility index (Phi) is 5.03. The molecule has 0 atom stereocenters. The minimum absolute atomic E-state index is 0.0644. The number of halogens is 2. The van der Waals surface area contributed by atoms with Crippen molar-refractivity contribution in [3.8, 4) is 0 Å². The van der Waals surface area contributed by atoms with Crippen molar-refractivity contribution in [1.29, 1.82) is 0 Å². The lowest BCUT2D eigenvalue weighted by Gasteiger charge is -2.12. The second kappa shape index (κ2) is 7.20. The molecule has 120 valence electrons. The van der Waals surface area contributed by atoms with Crippen LogP contribution in [0, 0.1) is 0 Å². The van der Waals surface area contributed by atoms with E-state index in [9.17, 15) is 4.79 Å². The van der Waals surface area contributed by atoms with Crippen LogP contribution in [0.15, 0.2) is 36.5 Å². The van der Waals surface area contributed by atoms with Gasteiger partial charge in [-0.15, -0.1) is 0 Å². The van der Waals surface area contributed by atoms with Crippen LogP contribution < -0.4 is 10.6 Å². The van der Waals surface area contributed by atoms with Gasteiger partial charge in [-0.3, -0.25) is 4.79 Å². The number of nitrogens with one attached hydrogen (secondary N) is 2. The van der Waals surface area contributed by atoms with Crippen LogP contribution in [-0.2, 0) is 0 Å². The zero-order valence-electron chi connectivity index (χ0n) is 12.5. The molecule has 1 aromatic heterocycles. The van der Waals surface area contributed by atoms with Crippen LogP contribution in [0.1, 0.15) is 36.0 Å². The van der Waals surface area contributed by atoms with Gasteiger partial charge in [0, 0.05) is 17.9 Å². The highest BCUT2D eigenvalue weighted by Crippen LogP contribution is 2.26. The number of rotatable bonds is 4. The van der Waals surface area contributed by atoms with Crippen molar-refractivity contribution in [2.45, 2.75) is 31.7 Å². The lowest BCUT2D eigenvalue weighted by molar-refractivity contribution is 0.0937. The van der Waals surface area contributed by atoms with Crippen molar-refractivity contribution < 1.29 is 4.79 Å². The predicted octanol–water partition coefficient (Wildman–Crippen LogP) is 4.80. The Hall–Kier alpha value is -1.78. The largest absolute Gasteiger partial charge is 0.349 e. The standard InChI is InChI=1S/C17H17Cl2N3O/c18-14-7-6-13(9-15(14)19)21-16-8-5-11(10-20-16)17(23)22-12-3-1-2-4-12/h5-10,12H,1-4H2,(H,20,21)(H,22,23). The van der Waals surface area contributed by atoms with E-state index in [2.05, 4.69) is 15.6 Å². The lowest BCUT2D eigenvalue weighted by atomic mass is 10.2. The maximum absolute atomic E-state index is 12.1. The Bertz CT molecular complexity index is 697. The molecule has 1 aromatic carbocycles. The number of hydrogen-bond acceptors (Lipinski definition) is 3. The van der Waals surface area contributed by atoms with Crippen LogP contribution in [0.25, 0.3) is 0 Å². The fourth-order valence-electron chi connectivity index (χ4n) is 2.66. The Morgan fingerprint density at radius 3 is 2.52 bits per heavy atom. The first-order valence-corrected chi connectivity index (χ1v) is 8.36. The van der Waals surface area contributed by atoms with Crippen LogP contribution >= 0.6 is 23.2 Å². The Labute approximate surface area is 145 Å². The van der Waals surface area contributed by atoms with E-state index in [1.807, 2.05) is 6.07 Å². The maximum Gasteiger partial charge on any atom is 0.253 e. The second-order valence-corrected chi connectivity index (χ2v) is 6.46. The van der Waals surface area contributed by atoms with Gasteiger partial charge >= 0.3 is 0 Å². The van der Waals surface area contributed by atoms with E-state index in [1.165, 1.54) is 12.8 Å². The van der Waals surface area contributed by atoms with E-state index >= 15 is 0 Å². The Morgan fingerprint density at radius 2 is 1.87 bits per heavy atom. The highest BCUT2D eigenvalue weighted by Gasteiger charge is 2.18. The van der Waals surface area contributed by atoms with Crippen LogP contribution in [0.2, 0.25) is 10.0 Å². The Morgan fingerprint density at radius 1 is 1.09 bits per heavy atom. The summed E-state index contributed by atoms with van der Waals surface area (Å²) in [5.41, 5.74) is 1.35. The van der Waals surface area contributed by atoms with Gasteiger partial charge in [-0.1, -0.05) is 36.0 Å². The predicted molar refractivity (Wildman–Crippen MR) is 93.7 cm³/mol. The summed E-state index contributed by atoms with van der Waals surface area (Å²) in [5, 5.41) is 7.15. The monoisotopic (exact) mass is 349 g/mol. The summed E-state index contributed by atoms with van der Waals surface area (Å²) >= 11 is 11.9. The van der Waals surface area contributed by atoms with Crippen molar-refractivity contribution in [3.63, 3.8) is 0 Å². The van der Waals surface area contributed by atoms with Gasteiger partial charge in [-0.2, -0.15) is 0 Å². The molecule has 1 fully saturated rings. The van der Waals surface area contributed by atoms with E-state index in [4.69, 9.17) is 23.2 Å². The third kappa shape index (κ3) is 4.15. The van der Waals surface area contributed by atoms with Crippen molar-refractivity contribution >= 4 is 40.6 Å². The van der Waals surface area contributed by atoms with E-state index in [-0.39, 0.29) is 5.91 Å². The van der Waals surface area contributed by atoms with Crippen LogP contribution in [0.5, 0.6) is 0 Å². The zero-order valence-corrected chi connectivity index (χ0v) is 14.0. The maximum atomic E-state index is 12.1. The number of carbonyl (C=O) groups is 1. The third-order valence-electron chi connectivity index (χ3n) is 3.91. The van der Waals surface area contributed by atoms with Gasteiger partial charge in [0.2, 0.25) is 0 Å². The van der Waals surface area contributed by atoms with Gasteiger partial charge in [0.15, 0.2) is 0 Å². The number of carbonyl (C=O) groups excluding carboxylic acids is 1. The van der Waals surface area contributed by atoms with Crippen LogP contribution in [-0.4, -0.2) is 16.9 Å². The molecule has 1 aliphatic carbocycles. The third-order valence-corrected chi connectivity index (χ3v) is 4.65. The topological polar surface area (TPSA) is 54.0 Å². The van der Waals surface area contributed by atoms with E-state index < -0.39 is 0 Å². The molecule has 0 spiro atoms. The summed E-state index contributed by atoms with van der Waals surface area (Å²) in [7, 11) is 0. The zero-order chi connectivity index (χ0) is 16.2. The molecule has 0 radical (unpaired) electrons. The first kappa shape index (κ1) is 16.1. The molecule has 1 amide bonds. The van der Waals surface area contributed by atoms with E-state index in [0.29, 0.717) is 27.5 Å². The minimum Gasteiger partial charge on any atom is -0.349 e. The molecule has 1 saturated carbocycles. The summed E-state index contributed by atoms with van der Waals surface area (Å²) in [4.78, 5) is 16.4. The van der Waals surface area contributed by atoms with Gasteiger partial charge in [0.05, 0.1) is 15.6 Å². The molecular formula is C17H17Cl2N3O. The second-order valence-electron chi connectivity index (χ2n) is 5.64. The highest BCUT2D eigenvalue weighted by molar-refractivity contribution is 6.42. The summed E-state index contributed by atoms with van der Waals surface area (Å²) in [6, 6.07) is 9.10. The van der Waals surface area contributed by atoms with Crippen LogP contribution in [0.4, 0.5) is 11.5 Å². The molecule has 1 heterocycles. The fraction of sp³-hybridized carbons (Fsp3) is 0.294. The summed E-state index contributed by atoms with van der Waals surface area (Å²) in [6.45, 7) is 0. The van der Waals surface area contributed by atoms with Gasteiger partial charge in [0.25, 0.3) is 5.91 Å². The number of nitrogens with zero attached hydrogens (tertiary/aromatic N) is 1. The Balaban J connectivity index is 1.64. The molecule has 3 rings (SSSR count). The average molecular weight is 350 g/mol. The van der Waals surface area contributed by atoms with Crippen LogP contribution in [0.3, 0.4) is 0 Å². The molecule has 0 aliphatic heterocycles. The average Bonchev–Trinajstić information content (AvgIpc) is 3.04. The van der Waals surface area contributed by atoms with Crippen molar-refractivity contribution in [3.05, 3.63) is 52.1 Å². The molecule has 0 unspecified atom stereocenters. The molecular weight excluding hydrogens is 333 g/mol. The van der Waals surface area contributed by atoms with Gasteiger partial charge in [-0.05, 0) is 43.2 Å². The molecule has 23 heavy (non-hydrogen) atoms. The summed E-state index contributed by atoms with van der Waals surface area (Å²) < 4.78 is 0. The fourth-order valence-corrected chi connectivity index (χ4v) is 2.96. The number of benzene rings is 1. The minimum atomic E-state index is -0.0644. The first-order chi connectivity index (χ1) is 11.1. The quantitative estimate of drug-likeness (QED) is 0.832. The summed E-state index contributed by atoms with van der Waals surface area (Å²) in [6.07, 6.45) is 6.09. The number of aromatic nitrogens is 1. The molecule has 2 aromatic rings. The number of hydrogen-bond donors (Lipinski definition) is 2. The lowest BCUT2D eigenvalue weighted by Crippen LogP contribution is -2.32. The van der Waals surface area contributed by atoms with E-state index in [1.54, 1.807) is 30.5 Å². The van der Waals surface area contributed by atoms with Gasteiger partial charge in [-0.25, -0.2) is 4.98 Å². The molecule has 1 aliphatic rings. The normalized spacial score (nSPS) is 14.7. The first-order valence-electron chi connectivity index (χ1n) is 7.61. The van der Waals surface area contributed by atoms with Crippen molar-refractivity contribution in [2.24, 2.45) is 0 Å². The smallest absolute Gasteiger partial charge is 0.253 e. The van der Waals surface area contributed by atoms with Crippen molar-refractivity contribution in [1.82, 2.24) is 10.3 Å².